The summed E-state index contributed by atoms with van der Waals surface area (Å²) >= 11 is 0. The highest BCUT2D eigenvalue weighted by Gasteiger charge is 2.16. The van der Waals surface area contributed by atoms with Gasteiger partial charge in [0.15, 0.2) is 0 Å². The maximum Gasteiger partial charge on any atom is 0.315 e. The molecular formula is C18H22N4O3. The Morgan fingerprint density at radius 3 is 2.92 bits per heavy atom. The molecule has 0 unspecified atom stereocenters. The predicted molar refractivity (Wildman–Crippen MR) is 93.0 cm³/mol. The summed E-state index contributed by atoms with van der Waals surface area (Å²) in [6, 6.07) is 8.81. The fourth-order valence-electron chi connectivity index (χ4n) is 2.72. The predicted octanol–water partition coefficient (Wildman–Crippen LogP) is 2.55. The van der Waals surface area contributed by atoms with Crippen LogP contribution < -0.4 is 10.6 Å². The van der Waals surface area contributed by atoms with Gasteiger partial charge in [0.25, 0.3) is 0 Å². The smallest absolute Gasteiger partial charge is 0.315 e. The van der Waals surface area contributed by atoms with Gasteiger partial charge < -0.3 is 24.6 Å². The van der Waals surface area contributed by atoms with Crippen molar-refractivity contribution in [2.45, 2.75) is 39.0 Å². The van der Waals surface area contributed by atoms with E-state index in [4.69, 9.17) is 4.42 Å². The lowest BCUT2D eigenvalue weighted by molar-refractivity contribution is 0.129. The van der Waals surface area contributed by atoms with Crippen LogP contribution in [0.25, 0.3) is 5.65 Å². The average molecular weight is 342 g/mol. The topological polar surface area (TPSA) is 91.8 Å². The van der Waals surface area contributed by atoms with Gasteiger partial charge >= 0.3 is 6.03 Å². The molecule has 0 aliphatic heterocycles. The number of aryl methyl sites for hydroxylation is 1. The molecule has 25 heavy (non-hydrogen) atoms. The van der Waals surface area contributed by atoms with Gasteiger partial charge in [-0.3, -0.25) is 0 Å². The van der Waals surface area contributed by atoms with Crippen molar-refractivity contribution in [2.75, 3.05) is 0 Å². The molecule has 0 aliphatic carbocycles. The zero-order valence-electron chi connectivity index (χ0n) is 14.3. The molecule has 2 amide bonds. The van der Waals surface area contributed by atoms with Crippen LogP contribution in [0, 0.1) is 6.92 Å². The number of fused-ring (bicyclic) bond motifs is 1. The quantitative estimate of drug-likeness (QED) is 0.642. The number of aliphatic hydroxyl groups is 1. The standard InChI is InChI=1S/C18H22N4O3/c1-12(9-15(23)16-6-4-8-25-16)20-18(24)19-10-14-11-22-13(2)5-3-7-17(22)21-14/h3-8,11-12,15,23H,9-10H2,1-2H3,(H2,19,20,24)/t12-,15-/m1/s1. The maximum atomic E-state index is 12.0. The van der Waals surface area contributed by atoms with Crippen molar-refractivity contribution in [3.63, 3.8) is 0 Å². The summed E-state index contributed by atoms with van der Waals surface area (Å²) in [7, 11) is 0. The molecule has 2 atom stereocenters. The summed E-state index contributed by atoms with van der Waals surface area (Å²) in [4.78, 5) is 16.5. The van der Waals surface area contributed by atoms with E-state index < -0.39 is 6.10 Å². The number of aliphatic hydroxyl groups excluding tert-OH is 1. The molecule has 3 rings (SSSR count). The molecule has 3 aromatic heterocycles. The van der Waals surface area contributed by atoms with Crippen molar-refractivity contribution in [3.05, 3.63) is 59.9 Å². The number of hydrogen-bond donors (Lipinski definition) is 3. The Bertz CT molecular complexity index is 841. The van der Waals surface area contributed by atoms with E-state index in [0.717, 1.165) is 17.0 Å². The number of carbonyl (C=O) groups excluding carboxylic acids is 1. The Labute approximate surface area is 145 Å². The molecule has 0 radical (unpaired) electrons. The van der Waals surface area contributed by atoms with E-state index in [9.17, 15) is 9.90 Å². The molecule has 0 bridgehead atoms. The summed E-state index contributed by atoms with van der Waals surface area (Å²) in [6.45, 7) is 4.17. The fraction of sp³-hybridized carbons (Fsp3) is 0.333. The van der Waals surface area contributed by atoms with Gasteiger partial charge in [-0.15, -0.1) is 0 Å². The molecule has 0 aliphatic rings. The number of nitrogens with one attached hydrogen (secondary N) is 2. The van der Waals surface area contributed by atoms with Gasteiger partial charge in [-0.2, -0.15) is 0 Å². The number of rotatable bonds is 6. The van der Waals surface area contributed by atoms with Gasteiger partial charge in [0.1, 0.15) is 17.5 Å². The van der Waals surface area contributed by atoms with Crippen LogP contribution in [0.1, 0.15) is 36.6 Å². The van der Waals surface area contributed by atoms with Crippen LogP contribution in [0.5, 0.6) is 0 Å². The Kier molecular flexibility index (Phi) is 5.04. The minimum Gasteiger partial charge on any atom is -0.467 e. The molecule has 7 heteroatoms. The van der Waals surface area contributed by atoms with Crippen molar-refractivity contribution < 1.29 is 14.3 Å². The number of imidazole rings is 1. The number of furan rings is 1. The largest absolute Gasteiger partial charge is 0.467 e. The second-order valence-corrected chi connectivity index (χ2v) is 6.12. The van der Waals surface area contributed by atoms with Crippen LogP contribution in [-0.2, 0) is 6.54 Å². The second-order valence-electron chi connectivity index (χ2n) is 6.12. The first kappa shape index (κ1) is 17.0. The van der Waals surface area contributed by atoms with E-state index in [2.05, 4.69) is 15.6 Å². The monoisotopic (exact) mass is 342 g/mol. The highest BCUT2D eigenvalue weighted by atomic mass is 16.4. The van der Waals surface area contributed by atoms with Crippen molar-refractivity contribution >= 4 is 11.7 Å². The first-order chi connectivity index (χ1) is 12.0. The lowest BCUT2D eigenvalue weighted by Crippen LogP contribution is -2.41. The van der Waals surface area contributed by atoms with Crippen molar-refractivity contribution in [1.29, 1.82) is 0 Å². The minimum absolute atomic E-state index is 0.205. The van der Waals surface area contributed by atoms with Gasteiger partial charge in [-0.1, -0.05) is 6.07 Å². The maximum absolute atomic E-state index is 12.0. The molecule has 0 fully saturated rings. The molecule has 3 heterocycles. The van der Waals surface area contributed by atoms with E-state index in [-0.39, 0.29) is 12.1 Å². The first-order valence-electron chi connectivity index (χ1n) is 8.22. The fourth-order valence-corrected chi connectivity index (χ4v) is 2.72. The number of pyridine rings is 1. The molecule has 0 saturated heterocycles. The Hall–Kier alpha value is -2.80. The van der Waals surface area contributed by atoms with Gasteiger partial charge in [0.05, 0.1) is 18.5 Å². The molecule has 3 aromatic rings. The van der Waals surface area contributed by atoms with Crippen LogP contribution in [-0.4, -0.2) is 26.6 Å². The van der Waals surface area contributed by atoms with Crippen molar-refractivity contribution in [2.24, 2.45) is 0 Å². The SMILES string of the molecule is Cc1cccc2nc(CNC(=O)N[C@H](C)C[C@@H](O)c3ccco3)cn12. The Morgan fingerprint density at radius 2 is 2.20 bits per heavy atom. The summed E-state index contributed by atoms with van der Waals surface area (Å²) in [5.41, 5.74) is 2.72. The summed E-state index contributed by atoms with van der Waals surface area (Å²) in [5.74, 6) is 0.495. The number of urea groups is 1. The zero-order chi connectivity index (χ0) is 17.8. The van der Waals surface area contributed by atoms with E-state index in [1.165, 1.54) is 6.26 Å². The Morgan fingerprint density at radius 1 is 1.36 bits per heavy atom. The van der Waals surface area contributed by atoms with E-state index in [1.807, 2.05) is 42.6 Å². The summed E-state index contributed by atoms with van der Waals surface area (Å²) in [6.07, 6.45) is 3.05. The minimum atomic E-state index is -0.744. The van der Waals surface area contributed by atoms with Gasteiger partial charge in [-0.25, -0.2) is 9.78 Å². The molecule has 0 spiro atoms. The van der Waals surface area contributed by atoms with Crippen LogP contribution in [0.3, 0.4) is 0 Å². The normalized spacial score (nSPS) is 13.6. The molecule has 132 valence electrons. The van der Waals surface area contributed by atoms with Crippen molar-refractivity contribution in [1.82, 2.24) is 20.0 Å². The highest BCUT2D eigenvalue weighted by molar-refractivity contribution is 5.74. The number of nitrogens with zero attached hydrogens (tertiary/aromatic N) is 2. The number of aromatic nitrogens is 2. The van der Waals surface area contributed by atoms with Crippen LogP contribution >= 0.6 is 0 Å². The van der Waals surface area contributed by atoms with E-state index >= 15 is 0 Å². The third-order valence-electron chi connectivity index (χ3n) is 4.00. The zero-order valence-corrected chi connectivity index (χ0v) is 14.3. The number of carbonyl (C=O) groups is 1. The number of hydrogen-bond acceptors (Lipinski definition) is 4. The Balaban J connectivity index is 1.49. The lowest BCUT2D eigenvalue weighted by atomic mass is 10.1. The van der Waals surface area contributed by atoms with E-state index in [0.29, 0.717) is 18.7 Å². The van der Waals surface area contributed by atoms with Crippen LogP contribution in [0.4, 0.5) is 4.79 Å². The average Bonchev–Trinajstić information content (AvgIpc) is 3.23. The summed E-state index contributed by atoms with van der Waals surface area (Å²) in [5, 5.41) is 15.6. The molecular weight excluding hydrogens is 320 g/mol. The van der Waals surface area contributed by atoms with E-state index in [1.54, 1.807) is 12.1 Å². The third kappa shape index (κ3) is 4.19. The number of amides is 2. The molecule has 3 N–H and O–H groups in total. The second kappa shape index (κ2) is 7.40. The lowest BCUT2D eigenvalue weighted by Gasteiger charge is -2.16. The van der Waals surface area contributed by atoms with Gasteiger partial charge in [-0.05, 0) is 38.1 Å². The molecule has 0 saturated carbocycles. The molecule has 7 nitrogen and oxygen atoms in total. The van der Waals surface area contributed by atoms with Crippen molar-refractivity contribution in [3.8, 4) is 0 Å². The summed E-state index contributed by atoms with van der Waals surface area (Å²) < 4.78 is 7.14. The van der Waals surface area contributed by atoms with Crippen LogP contribution in [0.2, 0.25) is 0 Å². The van der Waals surface area contributed by atoms with Gasteiger partial charge in [0.2, 0.25) is 0 Å². The van der Waals surface area contributed by atoms with Crippen LogP contribution in [0.15, 0.2) is 47.2 Å². The first-order valence-corrected chi connectivity index (χ1v) is 8.22. The third-order valence-corrected chi connectivity index (χ3v) is 4.00. The molecule has 0 aromatic carbocycles. The highest BCUT2D eigenvalue weighted by Crippen LogP contribution is 2.18. The van der Waals surface area contributed by atoms with Gasteiger partial charge in [0, 0.05) is 24.4 Å².